The van der Waals surface area contributed by atoms with E-state index in [1.54, 1.807) is 12.1 Å². The van der Waals surface area contributed by atoms with Gasteiger partial charge in [-0.15, -0.1) is 0 Å². The molecule has 0 radical (unpaired) electrons. The Bertz CT molecular complexity index is 468. The Morgan fingerprint density at radius 3 is 2.79 bits per heavy atom. The first kappa shape index (κ1) is 12.4. The van der Waals surface area contributed by atoms with E-state index >= 15 is 0 Å². The second-order valence-electron chi connectivity index (χ2n) is 5.54. The monoisotopic (exact) mass is 263 g/mol. The van der Waals surface area contributed by atoms with Crippen molar-refractivity contribution >= 4 is 11.7 Å². The maximum Gasteiger partial charge on any atom is 0.321 e. The van der Waals surface area contributed by atoms with Gasteiger partial charge in [-0.2, -0.15) is 0 Å². The van der Waals surface area contributed by atoms with E-state index in [9.17, 15) is 9.18 Å². The Morgan fingerprint density at radius 1 is 1.32 bits per heavy atom. The van der Waals surface area contributed by atoms with Crippen LogP contribution in [0, 0.1) is 11.2 Å². The van der Waals surface area contributed by atoms with Crippen molar-refractivity contribution in [2.45, 2.75) is 12.8 Å². The first-order chi connectivity index (χ1) is 9.17. The van der Waals surface area contributed by atoms with E-state index in [1.807, 2.05) is 4.90 Å². The van der Waals surface area contributed by atoms with Crippen LogP contribution in [0.25, 0.3) is 0 Å². The van der Waals surface area contributed by atoms with E-state index in [0.29, 0.717) is 5.69 Å². The van der Waals surface area contributed by atoms with E-state index in [2.05, 4.69) is 10.6 Å². The van der Waals surface area contributed by atoms with Gasteiger partial charge in [0.15, 0.2) is 0 Å². The summed E-state index contributed by atoms with van der Waals surface area (Å²) in [7, 11) is 0. The Balaban J connectivity index is 1.61. The average Bonchev–Trinajstić information content (AvgIpc) is 3.03. The van der Waals surface area contributed by atoms with Gasteiger partial charge in [0.05, 0.1) is 0 Å². The Hall–Kier alpha value is -1.62. The van der Waals surface area contributed by atoms with Crippen LogP contribution in [0.3, 0.4) is 0 Å². The van der Waals surface area contributed by atoms with Crippen molar-refractivity contribution < 1.29 is 9.18 Å². The van der Waals surface area contributed by atoms with Gasteiger partial charge < -0.3 is 15.5 Å². The normalized spacial score (nSPS) is 26.1. The summed E-state index contributed by atoms with van der Waals surface area (Å²) in [5, 5.41) is 6.19. The lowest BCUT2D eigenvalue weighted by Gasteiger charge is -2.23. The van der Waals surface area contributed by atoms with Crippen LogP contribution in [0.4, 0.5) is 14.9 Å². The predicted molar refractivity (Wildman–Crippen MR) is 71.5 cm³/mol. The summed E-state index contributed by atoms with van der Waals surface area (Å²) in [4.78, 5) is 14.0. The van der Waals surface area contributed by atoms with E-state index in [-0.39, 0.29) is 17.3 Å². The SMILES string of the molecule is O=C(Nc1ccc(F)cc1)N1CCC2(CCNC2)C1. The largest absolute Gasteiger partial charge is 0.324 e. The third kappa shape index (κ3) is 2.56. The van der Waals surface area contributed by atoms with Gasteiger partial charge in [0.25, 0.3) is 0 Å². The van der Waals surface area contributed by atoms with Gasteiger partial charge in [-0.1, -0.05) is 0 Å². The molecule has 19 heavy (non-hydrogen) atoms. The molecule has 0 bridgehead atoms. The number of urea groups is 1. The number of halogens is 1. The lowest BCUT2D eigenvalue weighted by atomic mass is 9.87. The molecule has 2 aliphatic rings. The van der Waals surface area contributed by atoms with Crippen LogP contribution < -0.4 is 10.6 Å². The van der Waals surface area contributed by atoms with E-state index < -0.39 is 0 Å². The maximum absolute atomic E-state index is 12.8. The minimum Gasteiger partial charge on any atom is -0.324 e. The Labute approximate surface area is 112 Å². The van der Waals surface area contributed by atoms with Gasteiger partial charge >= 0.3 is 6.03 Å². The molecule has 2 fully saturated rings. The zero-order valence-corrected chi connectivity index (χ0v) is 10.8. The quantitative estimate of drug-likeness (QED) is 0.814. The number of benzene rings is 1. The summed E-state index contributed by atoms with van der Waals surface area (Å²) in [5.74, 6) is -0.296. The molecule has 2 aliphatic heterocycles. The molecule has 1 unspecified atom stereocenters. The van der Waals surface area contributed by atoms with Crippen LogP contribution in [0.5, 0.6) is 0 Å². The molecule has 1 spiro atoms. The van der Waals surface area contributed by atoms with Crippen molar-refractivity contribution in [3.05, 3.63) is 30.1 Å². The molecule has 1 atom stereocenters. The highest BCUT2D eigenvalue weighted by atomic mass is 19.1. The fourth-order valence-electron chi connectivity index (χ4n) is 2.99. The molecule has 0 aromatic heterocycles. The Morgan fingerprint density at radius 2 is 2.11 bits per heavy atom. The van der Waals surface area contributed by atoms with Gasteiger partial charge in [-0.05, 0) is 43.7 Å². The molecule has 4 nitrogen and oxygen atoms in total. The van der Waals surface area contributed by atoms with Crippen LogP contribution in [0.2, 0.25) is 0 Å². The molecule has 2 heterocycles. The summed E-state index contributed by atoms with van der Waals surface area (Å²) in [6.45, 7) is 3.67. The summed E-state index contributed by atoms with van der Waals surface area (Å²) >= 11 is 0. The highest BCUT2D eigenvalue weighted by molar-refractivity contribution is 5.89. The number of nitrogens with one attached hydrogen (secondary N) is 2. The van der Waals surface area contributed by atoms with Crippen molar-refractivity contribution in [3.8, 4) is 0 Å². The molecular formula is C14H18FN3O. The number of hydrogen-bond donors (Lipinski definition) is 2. The smallest absolute Gasteiger partial charge is 0.321 e. The maximum atomic E-state index is 12.8. The van der Waals surface area contributed by atoms with E-state index in [1.165, 1.54) is 12.1 Å². The first-order valence-electron chi connectivity index (χ1n) is 6.69. The average molecular weight is 263 g/mol. The van der Waals surface area contributed by atoms with Crippen LogP contribution in [-0.4, -0.2) is 37.1 Å². The van der Waals surface area contributed by atoms with Gasteiger partial charge in [-0.25, -0.2) is 9.18 Å². The highest BCUT2D eigenvalue weighted by Crippen LogP contribution is 2.36. The van der Waals surface area contributed by atoms with Gasteiger partial charge in [0, 0.05) is 30.7 Å². The molecule has 3 rings (SSSR count). The first-order valence-corrected chi connectivity index (χ1v) is 6.69. The third-order valence-corrected chi connectivity index (χ3v) is 4.15. The van der Waals surface area contributed by atoms with Crippen molar-refractivity contribution in [1.29, 1.82) is 0 Å². The third-order valence-electron chi connectivity index (χ3n) is 4.15. The number of amides is 2. The standard InChI is InChI=1S/C14H18FN3O/c15-11-1-3-12(4-2-11)17-13(19)18-8-6-14(10-18)5-7-16-9-14/h1-4,16H,5-10H2,(H,17,19). The van der Waals surface area contributed by atoms with Crippen LogP contribution in [0.1, 0.15) is 12.8 Å². The van der Waals surface area contributed by atoms with Crippen LogP contribution in [0.15, 0.2) is 24.3 Å². The molecule has 2 amide bonds. The fraction of sp³-hybridized carbons (Fsp3) is 0.500. The number of rotatable bonds is 1. The second-order valence-corrected chi connectivity index (χ2v) is 5.54. The Kier molecular flexibility index (Phi) is 3.14. The lowest BCUT2D eigenvalue weighted by Crippen LogP contribution is -2.36. The van der Waals surface area contributed by atoms with Crippen LogP contribution in [-0.2, 0) is 0 Å². The summed E-state index contributed by atoms with van der Waals surface area (Å²) in [6, 6.07) is 5.77. The summed E-state index contributed by atoms with van der Waals surface area (Å²) < 4.78 is 12.8. The summed E-state index contributed by atoms with van der Waals surface area (Å²) in [6.07, 6.45) is 2.21. The lowest BCUT2D eigenvalue weighted by molar-refractivity contribution is 0.215. The molecular weight excluding hydrogens is 245 g/mol. The topological polar surface area (TPSA) is 44.4 Å². The van der Waals surface area contributed by atoms with Crippen molar-refractivity contribution in [3.63, 3.8) is 0 Å². The molecule has 1 aromatic carbocycles. The zero-order valence-electron chi connectivity index (χ0n) is 10.8. The van der Waals surface area contributed by atoms with Crippen molar-refractivity contribution in [2.24, 2.45) is 5.41 Å². The number of anilines is 1. The van der Waals surface area contributed by atoms with Crippen LogP contribution >= 0.6 is 0 Å². The molecule has 1 aromatic rings. The molecule has 2 N–H and O–H groups in total. The van der Waals surface area contributed by atoms with Gasteiger partial charge in [0.2, 0.25) is 0 Å². The zero-order chi connectivity index (χ0) is 13.3. The molecule has 0 saturated carbocycles. The molecule has 2 saturated heterocycles. The molecule has 5 heteroatoms. The fourth-order valence-corrected chi connectivity index (χ4v) is 2.99. The molecule has 102 valence electrons. The van der Waals surface area contributed by atoms with E-state index in [0.717, 1.165) is 39.0 Å². The van der Waals surface area contributed by atoms with Gasteiger partial charge in [-0.3, -0.25) is 0 Å². The summed E-state index contributed by atoms with van der Waals surface area (Å²) in [5.41, 5.74) is 0.914. The minimum atomic E-state index is -0.296. The molecule has 0 aliphatic carbocycles. The number of hydrogen-bond acceptors (Lipinski definition) is 2. The van der Waals surface area contributed by atoms with Crippen molar-refractivity contribution in [1.82, 2.24) is 10.2 Å². The number of carbonyl (C=O) groups is 1. The number of carbonyl (C=O) groups excluding carboxylic acids is 1. The van der Waals surface area contributed by atoms with E-state index in [4.69, 9.17) is 0 Å². The highest BCUT2D eigenvalue weighted by Gasteiger charge is 2.41. The van der Waals surface area contributed by atoms with Crippen molar-refractivity contribution in [2.75, 3.05) is 31.5 Å². The second kappa shape index (κ2) is 4.81. The minimum absolute atomic E-state index is 0.0876. The number of likely N-dealkylation sites (tertiary alicyclic amines) is 1. The predicted octanol–water partition coefficient (Wildman–Crippen LogP) is 2.04. The van der Waals surface area contributed by atoms with Gasteiger partial charge in [0.1, 0.15) is 5.82 Å². The number of nitrogens with zero attached hydrogens (tertiary/aromatic N) is 1.